The van der Waals surface area contributed by atoms with Gasteiger partial charge in [0.1, 0.15) is 0 Å². The van der Waals surface area contributed by atoms with Gasteiger partial charge in [-0.1, -0.05) is 26.0 Å². The van der Waals surface area contributed by atoms with Gasteiger partial charge in [-0.05, 0) is 25.2 Å². The topological polar surface area (TPSA) is 25.2 Å². The van der Waals surface area contributed by atoms with Gasteiger partial charge in [0.05, 0.1) is 0 Å². The van der Waals surface area contributed by atoms with E-state index in [0.29, 0.717) is 0 Å². The molecule has 0 fully saturated rings. The van der Waals surface area contributed by atoms with Crippen LogP contribution in [0, 0.1) is 0 Å². The quantitative estimate of drug-likeness (QED) is 0.730. The first kappa shape index (κ1) is 12.8. The van der Waals surface area contributed by atoms with Crippen LogP contribution in [0.5, 0.6) is 0 Å². The predicted octanol–water partition coefficient (Wildman–Crippen LogP) is 2.80. The number of carbonyl (C=O) groups is 1. The van der Waals surface area contributed by atoms with Crippen LogP contribution in [-0.2, 0) is 6.54 Å². The van der Waals surface area contributed by atoms with Crippen molar-refractivity contribution in [1.29, 1.82) is 0 Å². The molecule has 0 radical (unpaired) electrons. The van der Waals surface area contributed by atoms with Crippen molar-refractivity contribution in [3.05, 3.63) is 36.0 Å². The van der Waals surface area contributed by atoms with Crippen molar-refractivity contribution in [3.63, 3.8) is 0 Å². The Morgan fingerprint density at radius 2 is 2.00 bits per heavy atom. The van der Waals surface area contributed by atoms with E-state index in [1.807, 2.05) is 18.2 Å². The maximum absolute atomic E-state index is 11.0. The van der Waals surface area contributed by atoms with E-state index in [2.05, 4.69) is 35.6 Å². The van der Waals surface area contributed by atoms with Crippen LogP contribution in [-0.4, -0.2) is 35.4 Å². The zero-order chi connectivity index (χ0) is 13.0. The summed E-state index contributed by atoms with van der Waals surface area (Å²) in [6.07, 6.45) is 3.00. The fourth-order valence-corrected chi connectivity index (χ4v) is 2.33. The van der Waals surface area contributed by atoms with Gasteiger partial charge in [0.2, 0.25) is 0 Å². The number of nitrogens with zero attached hydrogens (tertiary/aromatic N) is 2. The van der Waals surface area contributed by atoms with Gasteiger partial charge < -0.3 is 9.47 Å². The molecule has 18 heavy (non-hydrogen) atoms. The Kier molecular flexibility index (Phi) is 4.15. The highest BCUT2D eigenvalue weighted by molar-refractivity contribution is 5.97. The standard InChI is InChI=1S/C15H20N2O/c1-3-16(4-2)10-11-17-9-8-14-13(12-18)6-5-7-15(14)17/h5-9,12H,3-4,10-11H2,1-2H3. The lowest BCUT2D eigenvalue weighted by molar-refractivity contribution is 0.112. The minimum Gasteiger partial charge on any atom is -0.346 e. The molecule has 96 valence electrons. The third-order valence-corrected chi connectivity index (χ3v) is 3.53. The Morgan fingerprint density at radius 1 is 1.22 bits per heavy atom. The lowest BCUT2D eigenvalue weighted by Crippen LogP contribution is -2.26. The summed E-state index contributed by atoms with van der Waals surface area (Å²) in [5.41, 5.74) is 1.92. The average Bonchev–Trinajstić information content (AvgIpc) is 2.83. The van der Waals surface area contributed by atoms with Gasteiger partial charge in [0.15, 0.2) is 6.29 Å². The summed E-state index contributed by atoms with van der Waals surface area (Å²) in [5.74, 6) is 0. The van der Waals surface area contributed by atoms with Crippen LogP contribution in [0.3, 0.4) is 0 Å². The van der Waals surface area contributed by atoms with Crippen molar-refractivity contribution in [2.75, 3.05) is 19.6 Å². The first-order valence-corrected chi connectivity index (χ1v) is 6.55. The highest BCUT2D eigenvalue weighted by Gasteiger charge is 2.05. The smallest absolute Gasteiger partial charge is 0.150 e. The molecule has 2 aromatic rings. The summed E-state index contributed by atoms with van der Waals surface area (Å²) < 4.78 is 2.22. The van der Waals surface area contributed by atoms with E-state index in [1.54, 1.807) is 0 Å². The van der Waals surface area contributed by atoms with Crippen LogP contribution < -0.4 is 0 Å². The van der Waals surface area contributed by atoms with Gasteiger partial charge >= 0.3 is 0 Å². The molecule has 0 spiro atoms. The monoisotopic (exact) mass is 244 g/mol. The Hall–Kier alpha value is -1.61. The fraction of sp³-hybridized carbons (Fsp3) is 0.400. The third kappa shape index (κ3) is 2.46. The molecule has 1 heterocycles. The van der Waals surface area contributed by atoms with Crippen molar-refractivity contribution in [2.45, 2.75) is 20.4 Å². The van der Waals surface area contributed by atoms with E-state index in [0.717, 1.165) is 48.9 Å². The van der Waals surface area contributed by atoms with Gasteiger partial charge in [0.25, 0.3) is 0 Å². The van der Waals surface area contributed by atoms with Gasteiger partial charge in [-0.2, -0.15) is 0 Å². The van der Waals surface area contributed by atoms with E-state index in [-0.39, 0.29) is 0 Å². The molecule has 0 amide bonds. The predicted molar refractivity (Wildman–Crippen MR) is 75.1 cm³/mol. The molecule has 0 unspecified atom stereocenters. The lowest BCUT2D eigenvalue weighted by atomic mass is 10.1. The lowest BCUT2D eigenvalue weighted by Gasteiger charge is -2.18. The number of hydrogen-bond acceptors (Lipinski definition) is 2. The molecule has 2 rings (SSSR count). The molecule has 1 aromatic heterocycles. The van der Waals surface area contributed by atoms with Crippen LogP contribution in [0.15, 0.2) is 30.5 Å². The van der Waals surface area contributed by atoms with Crippen molar-refractivity contribution >= 4 is 17.2 Å². The Balaban J connectivity index is 2.22. The van der Waals surface area contributed by atoms with Gasteiger partial charge in [-0.3, -0.25) is 4.79 Å². The highest BCUT2D eigenvalue weighted by atomic mass is 16.1. The van der Waals surface area contributed by atoms with Crippen LogP contribution in [0.1, 0.15) is 24.2 Å². The molecule has 0 saturated heterocycles. The Bertz CT molecular complexity index is 526. The minimum absolute atomic E-state index is 0.772. The summed E-state index contributed by atoms with van der Waals surface area (Å²) in [7, 11) is 0. The molecule has 3 heteroatoms. The molecule has 0 N–H and O–H groups in total. The largest absolute Gasteiger partial charge is 0.346 e. The summed E-state index contributed by atoms with van der Waals surface area (Å²) in [4.78, 5) is 13.4. The molecule has 1 aromatic carbocycles. The number of likely N-dealkylation sites (N-methyl/N-ethyl adjacent to an activating group) is 1. The van der Waals surface area contributed by atoms with Gasteiger partial charge in [0, 0.05) is 35.8 Å². The third-order valence-electron chi connectivity index (χ3n) is 3.53. The summed E-state index contributed by atoms with van der Waals surface area (Å²) >= 11 is 0. The van der Waals surface area contributed by atoms with E-state index in [1.165, 1.54) is 0 Å². The molecule has 0 aliphatic rings. The van der Waals surface area contributed by atoms with Crippen LogP contribution in [0.4, 0.5) is 0 Å². The number of rotatable bonds is 6. The Morgan fingerprint density at radius 3 is 2.67 bits per heavy atom. The van der Waals surface area contributed by atoms with Crippen LogP contribution >= 0.6 is 0 Å². The number of aromatic nitrogens is 1. The molecule has 0 aliphatic heterocycles. The maximum atomic E-state index is 11.0. The summed E-state index contributed by atoms with van der Waals surface area (Å²) in [6, 6.07) is 7.91. The second-order valence-corrected chi connectivity index (χ2v) is 4.43. The molecule has 0 bridgehead atoms. The van der Waals surface area contributed by atoms with E-state index >= 15 is 0 Å². The first-order valence-electron chi connectivity index (χ1n) is 6.55. The number of aldehydes is 1. The van der Waals surface area contributed by atoms with Crippen molar-refractivity contribution in [3.8, 4) is 0 Å². The molecular weight excluding hydrogens is 224 g/mol. The number of hydrogen-bond donors (Lipinski definition) is 0. The van der Waals surface area contributed by atoms with Crippen molar-refractivity contribution in [1.82, 2.24) is 9.47 Å². The van der Waals surface area contributed by atoms with Crippen LogP contribution in [0.2, 0.25) is 0 Å². The maximum Gasteiger partial charge on any atom is 0.150 e. The number of benzene rings is 1. The molecule has 0 saturated carbocycles. The molecule has 0 aliphatic carbocycles. The summed E-state index contributed by atoms with van der Waals surface area (Å²) in [5, 5.41) is 1.05. The minimum atomic E-state index is 0.772. The summed E-state index contributed by atoms with van der Waals surface area (Å²) in [6.45, 7) is 8.53. The van der Waals surface area contributed by atoms with E-state index < -0.39 is 0 Å². The fourth-order valence-electron chi connectivity index (χ4n) is 2.33. The zero-order valence-corrected chi connectivity index (χ0v) is 11.1. The van der Waals surface area contributed by atoms with E-state index in [4.69, 9.17) is 0 Å². The normalized spacial score (nSPS) is 11.3. The van der Waals surface area contributed by atoms with Crippen molar-refractivity contribution < 1.29 is 4.79 Å². The zero-order valence-electron chi connectivity index (χ0n) is 11.1. The second-order valence-electron chi connectivity index (χ2n) is 4.43. The van der Waals surface area contributed by atoms with Gasteiger partial charge in [-0.15, -0.1) is 0 Å². The Labute approximate surface area is 108 Å². The second kappa shape index (κ2) is 5.83. The first-order chi connectivity index (χ1) is 8.80. The average molecular weight is 244 g/mol. The molecule has 0 atom stereocenters. The number of fused-ring (bicyclic) bond motifs is 1. The molecule has 3 nitrogen and oxygen atoms in total. The highest BCUT2D eigenvalue weighted by Crippen LogP contribution is 2.19. The van der Waals surface area contributed by atoms with Gasteiger partial charge in [-0.25, -0.2) is 0 Å². The molecular formula is C15H20N2O. The van der Waals surface area contributed by atoms with Crippen molar-refractivity contribution in [2.24, 2.45) is 0 Å². The van der Waals surface area contributed by atoms with E-state index in [9.17, 15) is 4.79 Å². The van der Waals surface area contributed by atoms with Crippen LogP contribution in [0.25, 0.3) is 10.9 Å². The SMILES string of the molecule is CCN(CC)CCn1ccc2c(C=O)cccc21. The number of carbonyl (C=O) groups excluding carboxylic acids is 1.